The van der Waals surface area contributed by atoms with Crippen LogP contribution in [0.1, 0.15) is 39.5 Å². The van der Waals surface area contributed by atoms with Crippen LogP contribution in [-0.4, -0.2) is 37.6 Å². The van der Waals surface area contributed by atoms with Gasteiger partial charge in [0.2, 0.25) is 0 Å². The lowest BCUT2D eigenvalue weighted by Crippen LogP contribution is -2.24. The minimum absolute atomic E-state index is 0.338. The largest absolute Gasteiger partial charge is 0.396 e. The van der Waals surface area contributed by atoms with Crippen LogP contribution in [0.5, 0.6) is 0 Å². The number of hydrogen-bond donors (Lipinski definition) is 1. The minimum atomic E-state index is 0.338. The summed E-state index contributed by atoms with van der Waals surface area (Å²) in [4.78, 5) is 0. The lowest BCUT2D eigenvalue weighted by atomic mass is 9.88. The summed E-state index contributed by atoms with van der Waals surface area (Å²) in [6.45, 7) is 6.87. The zero-order chi connectivity index (χ0) is 11.8. The van der Waals surface area contributed by atoms with Gasteiger partial charge in [-0.25, -0.2) is 0 Å². The quantitative estimate of drug-likeness (QED) is 0.682. The Labute approximate surface area is 99.1 Å². The van der Waals surface area contributed by atoms with Crippen molar-refractivity contribution in [2.24, 2.45) is 11.8 Å². The topological polar surface area (TPSA) is 38.7 Å². The van der Waals surface area contributed by atoms with Crippen LogP contribution in [0.4, 0.5) is 0 Å². The van der Waals surface area contributed by atoms with Crippen LogP contribution in [0, 0.1) is 11.8 Å². The van der Waals surface area contributed by atoms with Crippen molar-refractivity contribution in [1.29, 1.82) is 0 Å². The van der Waals surface area contributed by atoms with Crippen molar-refractivity contribution in [2.45, 2.75) is 45.6 Å². The molecule has 3 nitrogen and oxygen atoms in total. The molecule has 1 rings (SSSR count). The number of hydrogen-bond acceptors (Lipinski definition) is 3. The Morgan fingerprint density at radius 3 is 2.38 bits per heavy atom. The van der Waals surface area contributed by atoms with E-state index in [4.69, 9.17) is 14.6 Å². The SMILES string of the molecule is CC(C)COCCOC1CCC(CO)CC1. The molecular formula is C13H26O3. The number of aliphatic hydroxyl groups excluding tert-OH is 1. The Balaban J connectivity index is 1.94. The Bertz CT molecular complexity index is 163. The number of rotatable bonds is 7. The molecule has 0 aromatic heterocycles. The molecule has 16 heavy (non-hydrogen) atoms. The van der Waals surface area contributed by atoms with Crippen LogP contribution in [0.2, 0.25) is 0 Å². The first kappa shape index (κ1) is 13.9. The fourth-order valence-electron chi connectivity index (χ4n) is 2.07. The van der Waals surface area contributed by atoms with Gasteiger partial charge in [-0.3, -0.25) is 0 Å². The average molecular weight is 230 g/mol. The molecule has 0 aliphatic heterocycles. The Morgan fingerprint density at radius 1 is 1.12 bits per heavy atom. The zero-order valence-corrected chi connectivity index (χ0v) is 10.7. The normalized spacial score (nSPS) is 26.2. The lowest BCUT2D eigenvalue weighted by Gasteiger charge is -2.27. The van der Waals surface area contributed by atoms with E-state index in [1.807, 2.05) is 0 Å². The van der Waals surface area contributed by atoms with Gasteiger partial charge in [-0.1, -0.05) is 13.8 Å². The highest BCUT2D eigenvalue weighted by Crippen LogP contribution is 2.25. The van der Waals surface area contributed by atoms with E-state index in [1.54, 1.807) is 0 Å². The van der Waals surface area contributed by atoms with Crippen molar-refractivity contribution in [3.8, 4) is 0 Å². The van der Waals surface area contributed by atoms with E-state index in [2.05, 4.69) is 13.8 Å². The molecule has 3 heteroatoms. The molecule has 0 radical (unpaired) electrons. The second kappa shape index (κ2) is 8.04. The smallest absolute Gasteiger partial charge is 0.0704 e. The van der Waals surface area contributed by atoms with E-state index in [0.29, 0.717) is 37.8 Å². The molecule has 1 aliphatic carbocycles. The maximum Gasteiger partial charge on any atom is 0.0704 e. The van der Waals surface area contributed by atoms with Gasteiger partial charge in [0.05, 0.1) is 19.3 Å². The molecular weight excluding hydrogens is 204 g/mol. The molecule has 0 saturated heterocycles. The monoisotopic (exact) mass is 230 g/mol. The van der Waals surface area contributed by atoms with E-state index in [9.17, 15) is 0 Å². The van der Waals surface area contributed by atoms with Gasteiger partial charge < -0.3 is 14.6 Å². The van der Waals surface area contributed by atoms with Gasteiger partial charge in [-0.15, -0.1) is 0 Å². The molecule has 0 unspecified atom stereocenters. The predicted molar refractivity (Wildman–Crippen MR) is 64.4 cm³/mol. The number of ether oxygens (including phenoxy) is 2. The van der Waals surface area contributed by atoms with Crippen molar-refractivity contribution >= 4 is 0 Å². The highest BCUT2D eigenvalue weighted by Gasteiger charge is 2.20. The van der Waals surface area contributed by atoms with Crippen molar-refractivity contribution in [1.82, 2.24) is 0 Å². The van der Waals surface area contributed by atoms with Gasteiger partial charge in [0.15, 0.2) is 0 Å². The first-order valence-electron chi connectivity index (χ1n) is 6.52. The first-order chi connectivity index (χ1) is 7.72. The van der Waals surface area contributed by atoms with Gasteiger partial charge in [0, 0.05) is 13.2 Å². The first-order valence-corrected chi connectivity index (χ1v) is 6.52. The van der Waals surface area contributed by atoms with Gasteiger partial charge in [-0.05, 0) is 37.5 Å². The van der Waals surface area contributed by atoms with Crippen LogP contribution in [0.3, 0.4) is 0 Å². The molecule has 0 atom stereocenters. The predicted octanol–water partition coefficient (Wildman–Crippen LogP) is 2.23. The molecule has 1 fully saturated rings. The van der Waals surface area contributed by atoms with E-state index in [1.165, 1.54) is 0 Å². The molecule has 1 N–H and O–H groups in total. The van der Waals surface area contributed by atoms with Gasteiger partial charge in [-0.2, -0.15) is 0 Å². The van der Waals surface area contributed by atoms with Crippen molar-refractivity contribution in [3.63, 3.8) is 0 Å². The summed E-state index contributed by atoms with van der Waals surface area (Å²) in [7, 11) is 0. The molecule has 1 saturated carbocycles. The summed E-state index contributed by atoms with van der Waals surface area (Å²) < 4.78 is 11.2. The molecule has 0 spiro atoms. The van der Waals surface area contributed by atoms with E-state index < -0.39 is 0 Å². The van der Waals surface area contributed by atoms with E-state index >= 15 is 0 Å². The third-order valence-electron chi connectivity index (χ3n) is 3.08. The summed E-state index contributed by atoms with van der Waals surface area (Å²) in [5, 5.41) is 9.01. The van der Waals surface area contributed by atoms with E-state index in [-0.39, 0.29) is 0 Å². The van der Waals surface area contributed by atoms with Crippen LogP contribution >= 0.6 is 0 Å². The van der Waals surface area contributed by atoms with Gasteiger partial charge >= 0.3 is 0 Å². The average Bonchev–Trinajstić information content (AvgIpc) is 2.29. The van der Waals surface area contributed by atoms with Crippen molar-refractivity contribution < 1.29 is 14.6 Å². The lowest BCUT2D eigenvalue weighted by molar-refractivity contribution is -0.0233. The molecule has 0 amide bonds. The van der Waals surface area contributed by atoms with Crippen LogP contribution < -0.4 is 0 Å². The summed E-state index contributed by atoms with van der Waals surface area (Å²) in [6, 6.07) is 0. The molecule has 96 valence electrons. The summed E-state index contributed by atoms with van der Waals surface area (Å²) >= 11 is 0. The number of aliphatic hydroxyl groups is 1. The zero-order valence-electron chi connectivity index (χ0n) is 10.7. The summed E-state index contributed by atoms with van der Waals surface area (Å²) in [5.74, 6) is 1.11. The molecule has 0 aromatic rings. The van der Waals surface area contributed by atoms with Crippen LogP contribution in [-0.2, 0) is 9.47 Å². The summed E-state index contributed by atoms with van der Waals surface area (Å²) in [5.41, 5.74) is 0. The van der Waals surface area contributed by atoms with Gasteiger partial charge in [0.1, 0.15) is 0 Å². The Hall–Kier alpha value is -0.120. The van der Waals surface area contributed by atoms with Gasteiger partial charge in [0.25, 0.3) is 0 Å². The third kappa shape index (κ3) is 5.83. The second-order valence-corrected chi connectivity index (χ2v) is 5.16. The van der Waals surface area contributed by atoms with Crippen molar-refractivity contribution in [3.05, 3.63) is 0 Å². The maximum atomic E-state index is 9.01. The second-order valence-electron chi connectivity index (χ2n) is 5.16. The fourth-order valence-corrected chi connectivity index (χ4v) is 2.07. The fraction of sp³-hybridized carbons (Fsp3) is 1.00. The molecule has 1 aliphatic rings. The molecule has 0 aromatic carbocycles. The Morgan fingerprint density at radius 2 is 1.81 bits per heavy atom. The van der Waals surface area contributed by atoms with Crippen molar-refractivity contribution in [2.75, 3.05) is 26.4 Å². The summed E-state index contributed by atoms with van der Waals surface area (Å²) in [6.07, 6.45) is 4.79. The van der Waals surface area contributed by atoms with Crippen LogP contribution in [0.25, 0.3) is 0 Å². The van der Waals surface area contributed by atoms with Crippen LogP contribution in [0.15, 0.2) is 0 Å². The van der Waals surface area contributed by atoms with E-state index in [0.717, 1.165) is 32.3 Å². The standard InChI is InChI=1S/C13H26O3/c1-11(2)10-15-7-8-16-13-5-3-12(9-14)4-6-13/h11-14H,3-10H2,1-2H3. The third-order valence-corrected chi connectivity index (χ3v) is 3.08. The highest BCUT2D eigenvalue weighted by atomic mass is 16.5. The molecule has 0 heterocycles. The Kier molecular flexibility index (Phi) is 7.01. The maximum absolute atomic E-state index is 9.01. The minimum Gasteiger partial charge on any atom is -0.396 e. The highest BCUT2D eigenvalue weighted by molar-refractivity contribution is 4.72. The molecule has 0 bridgehead atoms.